The zero-order chi connectivity index (χ0) is 29.1. The summed E-state index contributed by atoms with van der Waals surface area (Å²) in [7, 11) is 0. The predicted molar refractivity (Wildman–Crippen MR) is 160 cm³/mol. The van der Waals surface area contributed by atoms with E-state index >= 15 is 0 Å². The molecule has 1 aromatic heterocycles. The van der Waals surface area contributed by atoms with Gasteiger partial charge in [0.1, 0.15) is 12.4 Å². The quantitative estimate of drug-likeness (QED) is 0.311. The number of carbonyl (C=O) groups is 2. The van der Waals surface area contributed by atoms with Crippen LogP contribution in [0.4, 0.5) is 0 Å². The molecule has 0 saturated carbocycles. The van der Waals surface area contributed by atoms with Gasteiger partial charge >= 0.3 is 0 Å². The monoisotopic (exact) mass is 566 g/mol. The molecular weight excluding hydrogens is 544 g/mol. The fourth-order valence-corrected chi connectivity index (χ4v) is 5.75. The van der Waals surface area contributed by atoms with Crippen LogP contribution >= 0.6 is 11.6 Å². The van der Waals surface area contributed by atoms with Gasteiger partial charge in [-0.1, -0.05) is 96.5 Å². The summed E-state index contributed by atoms with van der Waals surface area (Å²) >= 11 is 6.11. The Balaban J connectivity index is 0.000000343. The Bertz CT molecular complexity index is 2070. The van der Waals surface area contributed by atoms with Gasteiger partial charge in [0.05, 0.1) is 12.1 Å². The van der Waals surface area contributed by atoms with Crippen LogP contribution in [0.1, 0.15) is 44.6 Å². The molecule has 0 N–H and O–H groups in total. The van der Waals surface area contributed by atoms with E-state index < -0.39 is 5.92 Å². The summed E-state index contributed by atoms with van der Waals surface area (Å²) in [5, 5.41) is 19.4. The zero-order valence-corrected chi connectivity index (χ0v) is 23.1. The van der Waals surface area contributed by atoms with Crippen molar-refractivity contribution in [3.8, 4) is 6.07 Å². The lowest BCUT2D eigenvalue weighted by Gasteiger charge is -2.28. The molecule has 0 spiro atoms. The second-order valence-corrected chi connectivity index (χ2v) is 10.5. The maximum absolute atomic E-state index is 14.0. The number of nitriles is 1. The van der Waals surface area contributed by atoms with Crippen LogP contribution in [-0.4, -0.2) is 26.7 Å². The molecule has 2 aliphatic rings. The van der Waals surface area contributed by atoms with E-state index in [0.717, 1.165) is 37.6 Å². The van der Waals surface area contributed by atoms with Crippen LogP contribution in [0, 0.1) is 21.8 Å². The average Bonchev–Trinajstić information content (AvgIpc) is 3.04. The molecule has 5 aromatic rings. The van der Waals surface area contributed by atoms with E-state index in [-0.39, 0.29) is 23.2 Å². The molecule has 0 amide bonds. The highest BCUT2D eigenvalue weighted by Crippen LogP contribution is 2.35. The van der Waals surface area contributed by atoms with Gasteiger partial charge in [-0.15, -0.1) is 10.2 Å². The van der Waals surface area contributed by atoms with Gasteiger partial charge in [0, 0.05) is 16.5 Å². The maximum atomic E-state index is 14.0. The number of aromatic nitrogens is 3. The highest BCUT2D eigenvalue weighted by molar-refractivity contribution is 6.30. The Kier molecular flexibility index (Phi) is 7.50. The van der Waals surface area contributed by atoms with Crippen molar-refractivity contribution in [2.75, 3.05) is 0 Å². The van der Waals surface area contributed by atoms with Crippen molar-refractivity contribution in [1.82, 2.24) is 15.2 Å². The van der Waals surface area contributed by atoms with Crippen LogP contribution in [-0.2, 0) is 11.2 Å². The summed E-state index contributed by atoms with van der Waals surface area (Å²) in [5.74, 6) is -0.692. The largest absolute Gasteiger partial charge is 0.298 e. The third-order valence-corrected chi connectivity index (χ3v) is 7.77. The minimum absolute atomic E-state index is 0.0361. The second-order valence-electron chi connectivity index (χ2n) is 10.0. The number of nitrogens with zero attached hydrogens (tertiary/aromatic N) is 4. The number of Topliss-reactive ketones (excluding diaryl/α,β-unsaturated/α-hetero) is 2. The first kappa shape index (κ1) is 26.9. The highest BCUT2D eigenvalue weighted by Gasteiger charge is 2.35. The molecule has 202 valence electrons. The molecule has 1 heterocycles. The Morgan fingerprint density at radius 2 is 1.60 bits per heavy atom. The van der Waals surface area contributed by atoms with Crippen LogP contribution in [0.2, 0.25) is 5.02 Å². The van der Waals surface area contributed by atoms with Gasteiger partial charge in [-0.3, -0.25) is 9.59 Å². The zero-order valence-electron chi connectivity index (χ0n) is 22.3. The molecule has 2 atom stereocenters. The molecule has 6 nitrogen and oxygen atoms in total. The molecule has 0 fully saturated rings. The summed E-state index contributed by atoms with van der Waals surface area (Å²) < 4.78 is 0. The molecular formula is C35H23ClN4O2. The van der Waals surface area contributed by atoms with Crippen LogP contribution in [0.25, 0.3) is 12.2 Å². The Labute approximate surface area is 246 Å². The van der Waals surface area contributed by atoms with Crippen LogP contribution in [0.5, 0.6) is 0 Å². The fourth-order valence-electron chi connectivity index (χ4n) is 5.63. The van der Waals surface area contributed by atoms with E-state index in [9.17, 15) is 9.59 Å². The first-order valence-electron chi connectivity index (χ1n) is 13.4. The van der Waals surface area contributed by atoms with Gasteiger partial charge in [-0.05, 0) is 62.2 Å². The summed E-state index contributed by atoms with van der Waals surface area (Å²) in [4.78, 5) is 31.0. The van der Waals surface area contributed by atoms with E-state index in [4.69, 9.17) is 16.9 Å². The lowest BCUT2D eigenvalue weighted by Crippen LogP contribution is -2.35. The molecule has 0 bridgehead atoms. The summed E-state index contributed by atoms with van der Waals surface area (Å²) in [6.45, 7) is 0. The molecule has 0 radical (unpaired) electrons. The van der Waals surface area contributed by atoms with Gasteiger partial charge in [-0.2, -0.15) is 5.26 Å². The molecule has 0 saturated heterocycles. The van der Waals surface area contributed by atoms with Gasteiger partial charge in [0.2, 0.25) is 0 Å². The normalized spacial score (nSPS) is 16.3. The van der Waals surface area contributed by atoms with Crippen molar-refractivity contribution < 1.29 is 9.59 Å². The van der Waals surface area contributed by atoms with Crippen LogP contribution < -0.4 is 10.4 Å². The molecule has 2 unspecified atom stereocenters. The SMILES string of the molecule is N#Cc1cncnn1.O=C1C=c2ccccc2=c2ccc3c(c21)C(Cc1ccc(Cl)cc1)C(=O)C(c1ccccc1)C=3. The summed E-state index contributed by atoms with van der Waals surface area (Å²) in [6, 6.07) is 31.3. The van der Waals surface area contributed by atoms with Gasteiger partial charge < -0.3 is 0 Å². The highest BCUT2D eigenvalue weighted by atomic mass is 35.5. The first-order valence-corrected chi connectivity index (χ1v) is 13.8. The minimum Gasteiger partial charge on any atom is -0.298 e. The molecule has 42 heavy (non-hydrogen) atoms. The second kappa shape index (κ2) is 11.7. The number of benzene rings is 4. The average molecular weight is 567 g/mol. The van der Waals surface area contributed by atoms with Crippen molar-refractivity contribution in [2.45, 2.75) is 18.3 Å². The van der Waals surface area contributed by atoms with Crippen molar-refractivity contribution in [3.05, 3.63) is 157 Å². The number of ketones is 2. The molecule has 2 aliphatic carbocycles. The Hall–Kier alpha value is -5.25. The van der Waals surface area contributed by atoms with E-state index in [2.05, 4.69) is 21.2 Å². The molecule has 0 aliphatic heterocycles. The number of hydrogen-bond acceptors (Lipinski definition) is 6. The van der Waals surface area contributed by atoms with Gasteiger partial charge in [0.15, 0.2) is 17.3 Å². The van der Waals surface area contributed by atoms with Crippen LogP contribution in [0.3, 0.4) is 0 Å². The standard InChI is InChI=1S/C31H21ClO2.C4H2N4/c32-23-13-10-19(11-14-23)16-27-29-22(17-26(31(27)34)20-6-2-1-3-7-20)12-15-25-24-9-5-4-8-21(24)18-28(33)30(25)29;5-1-4-2-6-3-7-8-4/h1-15,17-18,26-27H,16H2;2-3H. The number of carbonyl (C=O) groups excluding carboxylic acids is 2. The van der Waals surface area contributed by atoms with Crippen molar-refractivity contribution in [3.63, 3.8) is 0 Å². The maximum Gasteiger partial charge on any atom is 0.187 e. The lowest BCUT2D eigenvalue weighted by molar-refractivity contribution is -0.120. The van der Waals surface area contributed by atoms with Crippen LogP contribution in [0.15, 0.2) is 104 Å². The smallest absolute Gasteiger partial charge is 0.187 e. The predicted octanol–water partition coefficient (Wildman–Crippen LogP) is 4.82. The third-order valence-electron chi connectivity index (χ3n) is 7.51. The van der Waals surface area contributed by atoms with Crippen molar-refractivity contribution >= 4 is 35.3 Å². The molecule has 7 rings (SSSR count). The Morgan fingerprint density at radius 1 is 0.833 bits per heavy atom. The number of rotatable bonds is 3. The van der Waals surface area contributed by atoms with Gasteiger partial charge in [0.25, 0.3) is 0 Å². The van der Waals surface area contributed by atoms with E-state index in [0.29, 0.717) is 17.0 Å². The number of halogens is 1. The van der Waals surface area contributed by atoms with Gasteiger partial charge in [-0.25, -0.2) is 4.98 Å². The summed E-state index contributed by atoms with van der Waals surface area (Å²) in [6.07, 6.45) is 6.88. The minimum atomic E-state index is -0.427. The Morgan fingerprint density at radius 3 is 2.31 bits per heavy atom. The van der Waals surface area contributed by atoms with E-state index in [1.54, 1.807) is 12.1 Å². The lowest BCUT2D eigenvalue weighted by atomic mass is 9.73. The van der Waals surface area contributed by atoms with E-state index in [1.165, 1.54) is 12.5 Å². The number of hydrogen-bond donors (Lipinski definition) is 0. The molecule has 4 aromatic carbocycles. The molecule has 7 heteroatoms. The number of fused-ring (bicyclic) bond motifs is 4. The topological polar surface area (TPSA) is 96.6 Å². The summed E-state index contributed by atoms with van der Waals surface area (Å²) in [5.41, 5.74) is 3.74. The first-order chi connectivity index (χ1) is 20.5. The fraction of sp³-hybridized carbons (Fsp3) is 0.0857. The van der Waals surface area contributed by atoms with Crippen molar-refractivity contribution in [1.29, 1.82) is 5.26 Å². The third kappa shape index (κ3) is 5.26. The van der Waals surface area contributed by atoms with Crippen molar-refractivity contribution in [2.24, 2.45) is 0 Å². The van der Waals surface area contributed by atoms with E-state index in [1.807, 2.05) is 91.0 Å².